The van der Waals surface area contributed by atoms with Gasteiger partial charge in [0.2, 0.25) is 0 Å². The Balaban J connectivity index is 1.17. The summed E-state index contributed by atoms with van der Waals surface area (Å²) >= 11 is 0. The summed E-state index contributed by atoms with van der Waals surface area (Å²) in [5.41, 5.74) is 7.66. The van der Waals surface area contributed by atoms with Gasteiger partial charge in [0.05, 0.1) is 11.5 Å². The van der Waals surface area contributed by atoms with Crippen molar-refractivity contribution < 1.29 is 17.6 Å². The number of carbonyl (C=O) groups excluding carboxylic acids is 1. The van der Waals surface area contributed by atoms with Gasteiger partial charge in [-0.3, -0.25) is 4.79 Å². The molecule has 41 heavy (non-hydrogen) atoms. The topological polar surface area (TPSA) is 87.0 Å². The van der Waals surface area contributed by atoms with Crippen molar-refractivity contribution in [3.8, 4) is 11.1 Å². The highest BCUT2D eigenvalue weighted by Crippen LogP contribution is 2.31. The number of aromatic nitrogens is 1. The number of likely N-dealkylation sites (N-methyl/N-ethyl adjacent to an activating group) is 1. The first-order valence-corrected chi connectivity index (χ1v) is 16.2. The van der Waals surface area contributed by atoms with Gasteiger partial charge >= 0.3 is 0 Å². The molecule has 0 radical (unpaired) electrons. The van der Waals surface area contributed by atoms with E-state index in [0.29, 0.717) is 17.9 Å². The van der Waals surface area contributed by atoms with E-state index in [2.05, 4.69) is 41.8 Å². The number of sulfone groups is 1. The van der Waals surface area contributed by atoms with Gasteiger partial charge < -0.3 is 19.1 Å². The molecule has 0 bridgehead atoms. The monoisotopic (exact) mass is 572 g/mol. The molecule has 3 aromatic carbocycles. The molecule has 1 amide bonds. The molecule has 3 heterocycles. The van der Waals surface area contributed by atoms with E-state index < -0.39 is 9.84 Å². The standard InChI is InChI=1S/C32H36N4O4S/c1-3-34-13-15-35(16-14-34)29-12-7-24(21-23(29)2)22-30-33-28-6-4-5-27(31(28)40-30)25-8-10-26(11-9-25)32(37)36-17-19-41(38,39)20-18-36/h4-12,21H,3,13-20,22H2,1-2H3. The highest BCUT2D eigenvalue weighted by molar-refractivity contribution is 7.91. The number of nitrogens with zero attached hydrogens (tertiary/aromatic N) is 4. The van der Waals surface area contributed by atoms with Crippen molar-refractivity contribution in [3.05, 3.63) is 83.2 Å². The maximum Gasteiger partial charge on any atom is 0.253 e. The second kappa shape index (κ2) is 11.3. The van der Waals surface area contributed by atoms with Crippen LogP contribution in [0.4, 0.5) is 5.69 Å². The Labute approximate surface area is 241 Å². The number of piperazine rings is 1. The predicted octanol–water partition coefficient (Wildman–Crippen LogP) is 4.41. The molecule has 2 saturated heterocycles. The summed E-state index contributed by atoms with van der Waals surface area (Å²) in [6, 6.07) is 20.0. The number of rotatable bonds is 6. The van der Waals surface area contributed by atoms with Crippen LogP contribution in [0, 0.1) is 6.92 Å². The molecule has 0 spiro atoms. The first-order chi connectivity index (χ1) is 19.8. The molecule has 0 saturated carbocycles. The average Bonchev–Trinajstić information content (AvgIpc) is 3.40. The van der Waals surface area contributed by atoms with Crippen LogP contribution in [0.1, 0.15) is 34.3 Å². The minimum atomic E-state index is -3.04. The second-order valence-electron chi connectivity index (χ2n) is 11.0. The summed E-state index contributed by atoms with van der Waals surface area (Å²) < 4.78 is 29.7. The molecule has 0 atom stereocenters. The lowest BCUT2D eigenvalue weighted by Gasteiger charge is -2.36. The van der Waals surface area contributed by atoms with Gasteiger partial charge in [0, 0.05) is 62.5 Å². The van der Waals surface area contributed by atoms with E-state index in [-0.39, 0.29) is 30.5 Å². The molecule has 4 aromatic rings. The number of benzene rings is 3. The summed E-state index contributed by atoms with van der Waals surface area (Å²) in [6.45, 7) is 10.3. The van der Waals surface area contributed by atoms with E-state index in [1.807, 2.05) is 30.3 Å². The van der Waals surface area contributed by atoms with Crippen LogP contribution in [0.25, 0.3) is 22.2 Å². The van der Waals surface area contributed by atoms with Crippen molar-refractivity contribution in [2.45, 2.75) is 20.3 Å². The fraction of sp³-hybridized carbons (Fsp3) is 0.375. The van der Waals surface area contributed by atoms with Gasteiger partial charge in [0.25, 0.3) is 5.91 Å². The maximum atomic E-state index is 12.9. The van der Waals surface area contributed by atoms with Gasteiger partial charge in [-0.1, -0.05) is 43.3 Å². The Morgan fingerprint density at radius 1 is 0.927 bits per heavy atom. The lowest BCUT2D eigenvalue weighted by Crippen LogP contribution is -2.46. The SMILES string of the molecule is CCN1CCN(c2ccc(Cc3nc4cccc(-c5ccc(C(=O)N6CCS(=O)(=O)CC6)cc5)c4o3)cc2C)CC1. The molecule has 2 fully saturated rings. The molecule has 0 unspecified atom stereocenters. The summed E-state index contributed by atoms with van der Waals surface area (Å²) in [5.74, 6) is 0.568. The molecule has 2 aliphatic rings. The van der Waals surface area contributed by atoms with Crippen LogP contribution < -0.4 is 4.90 Å². The number of carbonyl (C=O) groups is 1. The summed E-state index contributed by atoms with van der Waals surface area (Å²) in [6.07, 6.45) is 0.609. The molecule has 214 valence electrons. The van der Waals surface area contributed by atoms with Crippen LogP contribution in [-0.2, 0) is 16.3 Å². The lowest BCUT2D eigenvalue weighted by atomic mass is 10.0. The van der Waals surface area contributed by atoms with Crippen molar-refractivity contribution in [2.24, 2.45) is 0 Å². The number of hydrogen-bond acceptors (Lipinski definition) is 7. The quantitative estimate of drug-likeness (QED) is 0.338. The third kappa shape index (κ3) is 5.87. The third-order valence-electron chi connectivity index (χ3n) is 8.31. The van der Waals surface area contributed by atoms with Crippen LogP contribution in [0.3, 0.4) is 0 Å². The van der Waals surface area contributed by atoms with E-state index in [1.54, 1.807) is 17.0 Å². The first kappa shape index (κ1) is 27.5. The summed E-state index contributed by atoms with van der Waals surface area (Å²) in [5, 5.41) is 0. The molecule has 6 rings (SSSR count). The first-order valence-electron chi connectivity index (χ1n) is 14.3. The van der Waals surface area contributed by atoms with E-state index >= 15 is 0 Å². The van der Waals surface area contributed by atoms with E-state index in [1.165, 1.54) is 16.8 Å². The van der Waals surface area contributed by atoms with Crippen LogP contribution in [0.5, 0.6) is 0 Å². The Morgan fingerprint density at radius 3 is 2.34 bits per heavy atom. The number of fused-ring (bicyclic) bond motifs is 1. The Hall–Kier alpha value is -3.69. The lowest BCUT2D eigenvalue weighted by molar-refractivity contribution is 0.0770. The number of para-hydroxylation sites is 1. The fourth-order valence-corrected chi connectivity index (χ4v) is 7.05. The predicted molar refractivity (Wildman–Crippen MR) is 162 cm³/mol. The van der Waals surface area contributed by atoms with Crippen molar-refractivity contribution in [2.75, 3.05) is 62.2 Å². The fourth-order valence-electron chi connectivity index (χ4n) is 5.85. The zero-order valence-corrected chi connectivity index (χ0v) is 24.5. The average molecular weight is 573 g/mol. The second-order valence-corrected chi connectivity index (χ2v) is 13.3. The Kier molecular flexibility index (Phi) is 7.57. The van der Waals surface area contributed by atoms with E-state index in [0.717, 1.165) is 55.0 Å². The van der Waals surface area contributed by atoms with Crippen LogP contribution >= 0.6 is 0 Å². The molecule has 1 aromatic heterocycles. The molecular formula is C32H36N4O4S. The minimum Gasteiger partial charge on any atom is -0.440 e. The third-order valence-corrected chi connectivity index (χ3v) is 9.92. The Morgan fingerprint density at radius 2 is 1.66 bits per heavy atom. The van der Waals surface area contributed by atoms with E-state index in [4.69, 9.17) is 9.40 Å². The minimum absolute atomic E-state index is 0.0205. The highest BCUT2D eigenvalue weighted by Gasteiger charge is 2.26. The molecule has 0 N–H and O–H groups in total. The van der Waals surface area contributed by atoms with Crippen molar-refractivity contribution in [1.82, 2.24) is 14.8 Å². The van der Waals surface area contributed by atoms with Gasteiger partial charge in [-0.25, -0.2) is 13.4 Å². The normalized spacial score (nSPS) is 17.7. The van der Waals surface area contributed by atoms with Gasteiger partial charge in [-0.2, -0.15) is 0 Å². The zero-order valence-electron chi connectivity index (χ0n) is 23.7. The number of aryl methyl sites for hydroxylation is 1. The number of anilines is 1. The molecular weight excluding hydrogens is 536 g/mol. The molecule has 2 aliphatic heterocycles. The van der Waals surface area contributed by atoms with Crippen LogP contribution in [-0.4, -0.2) is 86.4 Å². The van der Waals surface area contributed by atoms with Gasteiger partial charge in [0.15, 0.2) is 21.3 Å². The Bertz CT molecular complexity index is 1660. The zero-order chi connectivity index (χ0) is 28.6. The smallest absolute Gasteiger partial charge is 0.253 e. The summed E-state index contributed by atoms with van der Waals surface area (Å²) in [7, 11) is -3.04. The number of amides is 1. The molecule has 9 heteroatoms. The molecule has 8 nitrogen and oxygen atoms in total. The van der Waals surface area contributed by atoms with Gasteiger partial charge in [0.1, 0.15) is 5.52 Å². The van der Waals surface area contributed by atoms with Crippen LogP contribution in [0.15, 0.2) is 65.1 Å². The number of hydrogen-bond donors (Lipinski definition) is 0. The van der Waals surface area contributed by atoms with Crippen LogP contribution in [0.2, 0.25) is 0 Å². The summed E-state index contributed by atoms with van der Waals surface area (Å²) in [4.78, 5) is 24.3. The van der Waals surface area contributed by atoms with Crippen molar-refractivity contribution >= 4 is 32.5 Å². The van der Waals surface area contributed by atoms with Crippen molar-refractivity contribution in [1.29, 1.82) is 0 Å². The molecule has 0 aliphatic carbocycles. The van der Waals surface area contributed by atoms with Crippen molar-refractivity contribution in [3.63, 3.8) is 0 Å². The maximum absolute atomic E-state index is 12.9. The van der Waals surface area contributed by atoms with E-state index in [9.17, 15) is 13.2 Å². The number of oxazole rings is 1. The highest BCUT2D eigenvalue weighted by atomic mass is 32.2. The largest absolute Gasteiger partial charge is 0.440 e. The van der Waals surface area contributed by atoms with Gasteiger partial charge in [-0.15, -0.1) is 0 Å². The van der Waals surface area contributed by atoms with Gasteiger partial charge in [-0.05, 0) is 54.4 Å².